The van der Waals surface area contributed by atoms with Crippen LogP contribution in [0.5, 0.6) is 0 Å². The highest BCUT2D eigenvalue weighted by atomic mass is 32.2. The van der Waals surface area contributed by atoms with Crippen molar-refractivity contribution in [2.75, 3.05) is 7.05 Å². The van der Waals surface area contributed by atoms with E-state index in [-0.39, 0.29) is 0 Å². The Bertz CT molecular complexity index is 661. The van der Waals surface area contributed by atoms with Crippen LogP contribution in [-0.2, 0) is 23.1 Å². The third-order valence-electron chi connectivity index (χ3n) is 3.01. The van der Waals surface area contributed by atoms with E-state index in [4.69, 9.17) is 0 Å². The van der Waals surface area contributed by atoms with Gasteiger partial charge in [0.15, 0.2) is 0 Å². The number of hydrogen-bond acceptors (Lipinski definition) is 4. The Morgan fingerprint density at radius 2 is 1.80 bits per heavy atom. The summed E-state index contributed by atoms with van der Waals surface area (Å²) in [6.45, 7) is 3.04. The zero-order chi connectivity index (χ0) is 14.6. The van der Waals surface area contributed by atoms with E-state index in [1.54, 1.807) is 23.5 Å². The van der Waals surface area contributed by atoms with Crippen LogP contribution < -0.4 is 10.0 Å². The predicted octanol–water partition coefficient (Wildman–Crippen LogP) is 2.25. The number of hydrogen-bond donors (Lipinski definition) is 2. The van der Waals surface area contributed by atoms with Gasteiger partial charge in [0.05, 0.1) is 4.90 Å². The van der Waals surface area contributed by atoms with Crippen LogP contribution in [0, 0.1) is 6.92 Å². The van der Waals surface area contributed by atoms with Crippen LogP contribution in [0.1, 0.15) is 16.0 Å². The van der Waals surface area contributed by atoms with Crippen LogP contribution >= 0.6 is 11.3 Å². The predicted molar refractivity (Wildman–Crippen MR) is 82.3 cm³/mol. The van der Waals surface area contributed by atoms with Crippen molar-refractivity contribution in [1.29, 1.82) is 0 Å². The second-order valence-electron chi connectivity index (χ2n) is 4.53. The summed E-state index contributed by atoms with van der Waals surface area (Å²) in [5, 5.41) is 4.99. The lowest BCUT2D eigenvalue weighted by molar-refractivity contribution is 0.581. The van der Waals surface area contributed by atoms with Crippen molar-refractivity contribution < 1.29 is 8.42 Å². The minimum atomic E-state index is -3.45. The summed E-state index contributed by atoms with van der Waals surface area (Å²) >= 11 is 1.56. The zero-order valence-corrected chi connectivity index (χ0v) is 13.1. The van der Waals surface area contributed by atoms with E-state index in [9.17, 15) is 8.42 Å². The van der Waals surface area contributed by atoms with E-state index in [1.165, 1.54) is 0 Å². The molecule has 0 bridgehead atoms. The maximum absolute atomic E-state index is 12.2. The summed E-state index contributed by atoms with van der Waals surface area (Å²) in [5.74, 6) is 0. The van der Waals surface area contributed by atoms with E-state index in [0.717, 1.165) is 22.5 Å². The Hall–Kier alpha value is -1.21. The van der Waals surface area contributed by atoms with Gasteiger partial charge < -0.3 is 5.32 Å². The van der Waals surface area contributed by atoms with Gasteiger partial charge in [-0.3, -0.25) is 0 Å². The molecule has 2 N–H and O–H groups in total. The molecule has 0 aliphatic rings. The molecule has 0 spiro atoms. The smallest absolute Gasteiger partial charge is 0.240 e. The van der Waals surface area contributed by atoms with E-state index >= 15 is 0 Å². The van der Waals surface area contributed by atoms with Gasteiger partial charge in [-0.15, -0.1) is 11.3 Å². The highest BCUT2D eigenvalue weighted by Gasteiger charge is 2.14. The second-order valence-corrected chi connectivity index (χ2v) is 7.29. The van der Waals surface area contributed by atoms with Gasteiger partial charge in [0, 0.05) is 18.0 Å². The SMILES string of the molecule is CNCc1ccc(S(=O)(=O)NCc2sccc2C)cc1. The van der Waals surface area contributed by atoms with E-state index in [1.807, 2.05) is 37.6 Å². The molecule has 0 radical (unpaired) electrons. The first-order chi connectivity index (χ1) is 9.53. The van der Waals surface area contributed by atoms with Crippen molar-refractivity contribution in [1.82, 2.24) is 10.0 Å². The fraction of sp³-hybridized carbons (Fsp3) is 0.286. The maximum Gasteiger partial charge on any atom is 0.240 e. The highest BCUT2D eigenvalue weighted by molar-refractivity contribution is 7.89. The van der Waals surface area contributed by atoms with Crippen LogP contribution in [0.3, 0.4) is 0 Å². The Morgan fingerprint density at radius 3 is 2.35 bits per heavy atom. The number of aryl methyl sites for hydroxylation is 1. The minimum absolute atomic E-state index is 0.298. The number of nitrogens with one attached hydrogen (secondary N) is 2. The van der Waals surface area contributed by atoms with Gasteiger partial charge in [0.1, 0.15) is 0 Å². The molecule has 0 atom stereocenters. The molecule has 0 aliphatic carbocycles. The molecule has 1 aromatic heterocycles. The number of benzene rings is 1. The summed E-state index contributed by atoms with van der Waals surface area (Å²) in [4.78, 5) is 1.34. The van der Waals surface area contributed by atoms with Crippen LogP contribution in [-0.4, -0.2) is 15.5 Å². The summed E-state index contributed by atoms with van der Waals surface area (Å²) in [6.07, 6.45) is 0. The lowest BCUT2D eigenvalue weighted by Gasteiger charge is -2.07. The molecule has 0 saturated heterocycles. The molecule has 0 aliphatic heterocycles. The van der Waals surface area contributed by atoms with Crippen molar-refractivity contribution >= 4 is 21.4 Å². The van der Waals surface area contributed by atoms with Crippen molar-refractivity contribution in [2.45, 2.75) is 24.9 Å². The molecule has 0 unspecified atom stereocenters. The average molecular weight is 310 g/mol. The third kappa shape index (κ3) is 3.67. The van der Waals surface area contributed by atoms with Gasteiger partial charge in [0.2, 0.25) is 10.0 Å². The van der Waals surface area contributed by atoms with Gasteiger partial charge in [-0.1, -0.05) is 12.1 Å². The topological polar surface area (TPSA) is 58.2 Å². The minimum Gasteiger partial charge on any atom is -0.316 e. The summed E-state index contributed by atoms with van der Waals surface area (Å²) in [6, 6.07) is 8.90. The first kappa shape index (κ1) is 15.2. The Labute approximate surface area is 123 Å². The van der Waals surface area contributed by atoms with Gasteiger partial charge >= 0.3 is 0 Å². The fourth-order valence-corrected chi connectivity index (χ4v) is 3.75. The van der Waals surface area contributed by atoms with Crippen LogP contribution in [0.25, 0.3) is 0 Å². The molecule has 0 amide bonds. The molecule has 1 heterocycles. The standard InChI is InChI=1S/C14H18N2O2S2/c1-11-7-8-19-14(11)10-16-20(17,18)13-5-3-12(4-6-13)9-15-2/h3-8,15-16H,9-10H2,1-2H3. The molecule has 20 heavy (non-hydrogen) atoms. The average Bonchev–Trinajstić information content (AvgIpc) is 2.83. The molecule has 0 saturated carbocycles. The zero-order valence-electron chi connectivity index (χ0n) is 11.5. The van der Waals surface area contributed by atoms with Crippen molar-refractivity contribution in [2.24, 2.45) is 0 Å². The quantitative estimate of drug-likeness (QED) is 0.860. The van der Waals surface area contributed by atoms with Crippen molar-refractivity contribution in [3.8, 4) is 0 Å². The first-order valence-electron chi connectivity index (χ1n) is 6.29. The second kappa shape index (κ2) is 6.49. The van der Waals surface area contributed by atoms with Crippen LogP contribution in [0.2, 0.25) is 0 Å². The lowest BCUT2D eigenvalue weighted by atomic mass is 10.2. The Kier molecular flexibility index (Phi) is 4.93. The van der Waals surface area contributed by atoms with Gasteiger partial charge in [0.25, 0.3) is 0 Å². The molecule has 6 heteroatoms. The number of thiophene rings is 1. The van der Waals surface area contributed by atoms with Gasteiger partial charge in [-0.05, 0) is 48.7 Å². The number of sulfonamides is 1. The molecule has 108 valence electrons. The lowest BCUT2D eigenvalue weighted by Crippen LogP contribution is -2.23. The van der Waals surface area contributed by atoms with Crippen molar-refractivity contribution in [3.05, 3.63) is 51.7 Å². The van der Waals surface area contributed by atoms with E-state index in [0.29, 0.717) is 11.4 Å². The van der Waals surface area contributed by atoms with Gasteiger partial charge in [-0.25, -0.2) is 13.1 Å². The molecule has 2 rings (SSSR count). The van der Waals surface area contributed by atoms with Crippen LogP contribution in [0.4, 0.5) is 0 Å². The fourth-order valence-electron chi connectivity index (χ4n) is 1.82. The normalized spacial score (nSPS) is 11.7. The van der Waals surface area contributed by atoms with Gasteiger partial charge in [-0.2, -0.15) is 0 Å². The maximum atomic E-state index is 12.2. The molecule has 0 fully saturated rings. The molecule has 2 aromatic rings. The summed E-state index contributed by atoms with van der Waals surface area (Å²) in [7, 11) is -1.59. The Balaban J connectivity index is 2.08. The molecular weight excluding hydrogens is 292 g/mol. The van der Waals surface area contributed by atoms with Crippen LogP contribution in [0.15, 0.2) is 40.6 Å². The summed E-state index contributed by atoms with van der Waals surface area (Å²) in [5.41, 5.74) is 2.17. The first-order valence-corrected chi connectivity index (χ1v) is 8.65. The van der Waals surface area contributed by atoms with E-state index < -0.39 is 10.0 Å². The third-order valence-corrected chi connectivity index (χ3v) is 5.45. The summed E-state index contributed by atoms with van der Waals surface area (Å²) < 4.78 is 27.0. The highest BCUT2D eigenvalue weighted by Crippen LogP contribution is 2.17. The molecule has 1 aromatic carbocycles. The molecule has 4 nitrogen and oxygen atoms in total. The monoisotopic (exact) mass is 310 g/mol. The Morgan fingerprint density at radius 1 is 1.10 bits per heavy atom. The number of rotatable bonds is 6. The van der Waals surface area contributed by atoms with Crippen molar-refractivity contribution in [3.63, 3.8) is 0 Å². The molecular formula is C14H18N2O2S2. The largest absolute Gasteiger partial charge is 0.316 e. The van der Waals surface area contributed by atoms with E-state index in [2.05, 4.69) is 10.0 Å².